The zero-order valence-corrected chi connectivity index (χ0v) is 92.6. The minimum Gasteiger partial charge on any atom is -0.355 e. The van der Waals surface area contributed by atoms with E-state index in [9.17, 15) is 0 Å². The minimum atomic E-state index is -0.305. The Hall–Kier alpha value is -13.2. The highest BCUT2D eigenvalue weighted by Gasteiger charge is 2.35. The molecule has 14 aromatic rings. The molecule has 13 heterocycles. The number of rotatable bonds is 6. The lowest BCUT2D eigenvalue weighted by molar-refractivity contribution is 0.568. The first kappa shape index (κ1) is 99.5. The summed E-state index contributed by atoms with van der Waals surface area (Å²) in [6.45, 7) is 84.1. The second kappa shape index (κ2) is 34.2. The van der Waals surface area contributed by atoms with Gasteiger partial charge in [-0.2, -0.15) is 0 Å². The topological polar surface area (TPSA) is 140 Å². The zero-order chi connectivity index (χ0) is 104. The van der Waals surface area contributed by atoms with Crippen LogP contribution in [0.4, 0.5) is 0 Å². The van der Waals surface area contributed by atoms with E-state index in [0.29, 0.717) is 0 Å². The smallest absolute Gasteiger partial charge is 0.0831 e. The third kappa shape index (κ3) is 19.2. The fraction of sp³-hybridized carbons (Fsp3) is 0.358. The number of fused-ring (bicyclic) bond motifs is 20. The van der Waals surface area contributed by atoms with Crippen molar-refractivity contribution < 1.29 is 0 Å². The first-order valence-corrected chi connectivity index (χ1v) is 52.2. The summed E-state index contributed by atoms with van der Waals surface area (Å²) >= 11 is 0. The second-order valence-electron chi connectivity index (χ2n) is 54.1. The third-order valence-corrected chi connectivity index (χ3v) is 29.9. The van der Waals surface area contributed by atoms with Crippen LogP contribution in [0.15, 0.2) is 206 Å². The summed E-state index contributed by atoms with van der Waals surface area (Å²) in [7, 11) is 0. The van der Waals surface area contributed by atoms with E-state index in [4.69, 9.17) is 29.9 Å². The van der Waals surface area contributed by atoms with Crippen molar-refractivity contribution in [1.29, 1.82) is 0 Å². The van der Waals surface area contributed by atoms with Crippen LogP contribution in [0.25, 0.3) is 202 Å². The number of aromatic nitrogens is 10. The number of pyridine rings is 2. The fourth-order valence-electron chi connectivity index (χ4n) is 20.5. The Morgan fingerprint density at radius 1 is 0.181 bits per heavy atom. The van der Waals surface area contributed by atoms with Gasteiger partial charge in [-0.1, -0.05) is 371 Å². The van der Waals surface area contributed by atoms with Gasteiger partial charge in [-0.25, -0.2) is 29.9 Å². The first-order valence-electron chi connectivity index (χ1n) is 52.2. The van der Waals surface area contributed by atoms with Crippen LogP contribution in [-0.4, -0.2) is 49.8 Å². The van der Waals surface area contributed by atoms with Gasteiger partial charge in [0.2, 0.25) is 0 Å². The molecule has 0 unspecified atom stereocenters. The molecule has 6 aromatic carbocycles. The molecule has 5 aliphatic heterocycles. The quantitative estimate of drug-likeness (QED) is 0.131. The van der Waals surface area contributed by atoms with E-state index < -0.39 is 0 Å². The molecule has 0 aliphatic carbocycles. The van der Waals surface area contributed by atoms with Gasteiger partial charge in [0.1, 0.15) is 0 Å². The van der Waals surface area contributed by atoms with Gasteiger partial charge in [0.25, 0.3) is 0 Å². The summed E-state index contributed by atoms with van der Waals surface area (Å²) in [6.07, 6.45) is 9.07. The molecule has 0 atom stereocenters. The molecule has 5 aliphatic rings. The maximum Gasteiger partial charge on any atom is 0.0831 e. The van der Waals surface area contributed by atoms with Gasteiger partial charge in [-0.3, -0.25) is 0 Å². The van der Waals surface area contributed by atoms with E-state index in [1.165, 1.54) is 66.8 Å². The molecule has 20 bridgehead atoms. The Labute approximate surface area is 855 Å². The molecule has 0 saturated heterocycles. The maximum absolute atomic E-state index is 6.45. The molecule has 0 spiro atoms. The number of benzene rings is 6. The SMILES string of the molecule is CC(C)(C)c1cc(-c2c3nc(c(-c4cc(C(C)(C)C)cc(C(C)(C)C)c4)c4cc5c6cccc(n6)c6cc7[nH]c6c(-c6cc(C(C)(C)C)cc(C(C)(C)C)c6)c6nc(cc-6c6cccc(n6)c6cc(cc8ccc2[nH]8)nc-6c(-c2cc(C(C)(C)C)cc(C(C)(C)C)c2)c5[nH]4)cc2ccc([nH]2)c(-c2cc(C(C)(C)C)cc(C(C)(C)C)c2)c2nc(c7-c4cc(C(C)(C)C)cc(C(C)(C)C)c4)C=C2)C=C3)cc(C(C)(C)C)c1. The monoisotopic (exact) mass is 1900 g/mol. The van der Waals surface area contributed by atoms with Crippen LogP contribution < -0.4 is 0 Å². The molecular formula is C134H150N10. The van der Waals surface area contributed by atoms with Gasteiger partial charge in [-0.05, 0) is 274 Å². The van der Waals surface area contributed by atoms with Crippen LogP contribution in [-0.2, 0) is 65.0 Å². The Balaban J connectivity index is 1.13. The molecule has 10 heteroatoms. The van der Waals surface area contributed by atoms with Crippen LogP contribution in [0, 0.1) is 0 Å². The van der Waals surface area contributed by atoms with Crippen molar-refractivity contribution in [2.24, 2.45) is 0 Å². The Morgan fingerprint density at radius 2 is 0.396 bits per heavy atom. The third-order valence-electron chi connectivity index (χ3n) is 29.9. The average molecular weight is 1900 g/mol. The normalized spacial score (nSPS) is 13.6. The highest BCUT2D eigenvalue weighted by molar-refractivity contribution is 6.15. The van der Waals surface area contributed by atoms with Crippen molar-refractivity contribution in [3.63, 3.8) is 0 Å². The van der Waals surface area contributed by atoms with E-state index in [-0.39, 0.29) is 65.0 Å². The highest BCUT2D eigenvalue weighted by atomic mass is 14.8. The molecule has 19 rings (SSSR count). The highest BCUT2D eigenvalue weighted by Crippen LogP contribution is 2.52. The minimum absolute atomic E-state index is 0.184. The lowest BCUT2D eigenvalue weighted by Gasteiger charge is -2.26. The summed E-state index contributed by atoms with van der Waals surface area (Å²) in [5, 5.41) is 1.74. The molecule has 144 heavy (non-hydrogen) atoms. The van der Waals surface area contributed by atoms with Crippen LogP contribution in [0.1, 0.15) is 339 Å². The van der Waals surface area contributed by atoms with E-state index in [1.807, 2.05) is 0 Å². The molecule has 0 saturated carbocycles. The van der Waals surface area contributed by atoms with E-state index in [0.717, 1.165) is 200 Å². The number of H-pyrrole nitrogens is 4. The van der Waals surface area contributed by atoms with Crippen molar-refractivity contribution in [3.8, 4) is 89.3 Å². The average Bonchev–Trinajstić information content (AvgIpc) is 1.60. The van der Waals surface area contributed by atoms with Gasteiger partial charge >= 0.3 is 0 Å². The molecule has 4 N–H and O–H groups in total. The van der Waals surface area contributed by atoms with Gasteiger partial charge in [0, 0.05) is 88.4 Å². The molecule has 0 amide bonds. The van der Waals surface area contributed by atoms with Crippen LogP contribution in [0.3, 0.4) is 0 Å². The Morgan fingerprint density at radius 3 is 0.632 bits per heavy atom. The molecule has 736 valence electrons. The molecule has 8 aromatic heterocycles. The predicted octanol–water partition coefficient (Wildman–Crippen LogP) is 37.3. The van der Waals surface area contributed by atoms with Gasteiger partial charge in [-0.15, -0.1) is 0 Å². The number of aromatic amines is 4. The standard InChI is InChI=1S/C134H150N10/c1-123(2,3)81-51-75(52-82(63-81)124(4,5)6)113-105-45-43-93(135-105)69-95-71-97-101-39-37-40-102(139-101)98-72-96-70-94-44-46-106(136-94)114(76-53-83(125(7,8)9)64-84(54-76)126(10,11)12)108-48-50-110(142-108)116(78-57-87(129(19,20)21)66-88(58-78)130(22,23)24)112-74-100(122(144-112)118(120(98)138-96)80-61-91(133(31,32)33)68-92(62-80)134(34,35)36)104-42-38-41-103(140-104)99-73-111(115(109-49-47-107(113)141-109)77-55-85(127(13,14)15)65-86(56-77)128(16,17)18)143-121(99)117(119(97)137-95)79-59-89(131(25,26)27)67-90(60-79)132(28,29)30/h37-74,135-136,143-144H,1-36H3. The molecule has 0 fully saturated rings. The number of nitrogens with one attached hydrogen (secondary N) is 4. The van der Waals surface area contributed by atoms with Crippen molar-refractivity contribution in [2.75, 3.05) is 0 Å². The predicted molar refractivity (Wildman–Crippen MR) is 620 cm³/mol. The maximum atomic E-state index is 6.45. The molecular weight excluding hydrogens is 1750 g/mol. The van der Waals surface area contributed by atoms with E-state index >= 15 is 0 Å². The van der Waals surface area contributed by atoms with Crippen LogP contribution in [0.2, 0.25) is 0 Å². The summed E-state index contributed by atoms with van der Waals surface area (Å²) in [5.41, 5.74) is 41.6. The van der Waals surface area contributed by atoms with Crippen molar-refractivity contribution in [1.82, 2.24) is 49.8 Å². The van der Waals surface area contributed by atoms with Gasteiger partial charge in [0.05, 0.1) is 78.3 Å². The van der Waals surface area contributed by atoms with Crippen molar-refractivity contribution in [2.45, 2.75) is 314 Å². The lowest BCUT2D eigenvalue weighted by Crippen LogP contribution is -2.16. The number of nitrogens with zero attached hydrogens (tertiary/aromatic N) is 6. The van der Waals surface area contributed by atoms with Crippen molar-refractivity contribution in [3.05, 3.63) is 296 Å². The largest absolute Gasteiger partial charge is 0.355 e. The van der Waals surface area contributed by atoms with Gasteiger partial charge in [0.15, 0.2) is 0 Å². The Kier molecular flexibility index (Phi) is 23.7. The summed E-state index contributed by atoms with van der Waals surface area (Å²) in [5.74, 6) is 0. The second-order valence-corrected chi connectivity index (χ2v) is 54.1. The summed E-state index contributed by atoms with van der Waals surface area (Å²) in [4.78, 5) is 54.7. The van der Waals surface area contributed by atoms with Crippen LogP contribution in [0.5, 0.6) is 0 Å². The molecule has 0 radical (unpaired) electrons. The number of hydrogen-bond acceptors (Lipinski definition) is 6. The number of hydrogen-bond donors (Lipinski definition) is 4. The van der Waals surface area contributed by atoms with E-state index in [1.54, 1.807) is 0 Å². The first-order chi connectivity index (χ1) is 66.8. The summed E-state index contributed by atoms with van der Waals surface area (Å²) < 4.78 is 0. The zero-order valence-electron chi connectivity index (χ0n) is 92.6. The Bertz CT molecular complexity index is 7770. The molecule has 10 nitrogen and oxygen atoms in total. The van der Waals surface area contributed by atoms with Gasteiger partial charge < -0.3 is 19.9 Å². The van der Waals surface area contributed by atoms with Crippen molar-refractivity contribution >= 4 is 112 Å². The lowest BCUT2D eigenvalue weighted by atomic mass is 9.78. The summed E-state index contributed by atoms with van der Waals surface area (Å²) in [6, 6.07) is 79.8. The van der Waals surface area contributed by atoms with Crippen LogP contribution >= 0.6 is 0 Å². The fourth-order valence-corrected chi connectivity index (χ4v) is 20.5. The van der Waals surface area contributed by atoms with E-state index in [2.05, 4.69) is 500 Å².